The van der Waals surface area contributed by atoms with Crippen molar-refractivity contribution in [2.24, 2.45) is 0 Å². The Labute approximate surface area is 150 Å². The summed E-state index contributed by atoms with van der Waals surface area (Å²) in [5.74, 6) is -0.970. The highest BCUT2D eigenvalue weighted by molar-refractivity contribution is 7.98. The first-order valence-electron chi connectivity index (χ1n) is 7.28. The number of carbonyl (C=O) groups excluding carboxylic acids is 2. The molecule has 0 aromatic heterocycles. The Kier molecular flexibility index (Phi) is 6.29. The van der Waals surface area contributed by atoms with E-state index in [2.05, 4.69) is 5.32 Å². The molecule has 2 aromatic rings. The van der Waals surface area contributed by atoms with Crippen molar-refractivity contribution in [3.05, 3.63) is 58.1 Å². The lowest BCUT2D eigenvalue weighted by molar-refractivity contribution is -0.119. The molecule has 0 atom stereocenters. The maximum Gasteiger partial charge on any atom is 0.338 e. The summed E-state index contributed by atoms with van der Waals surface area (Å²) in [7, 11) is 0. The molecule has 0 saturated heterocycles. The van der Waals surface area contributed by atoms with Gasteiger partial charge >= 0.3 is 5.97 Å². The summed E-state index contributed by atoms with van der Waals surface area (Å²) in [4.78, 5) is 25.0. The number of halogens is 1. The number of aryl methyl sites for hydroxylation is 2. The lowest BCUT2D eigenvalue weighted by Crippen LogP contribution is -2.21. The van der Waals surface area contributed by atoms with E-state index < -0.39 is 11.9 Å². The molecule has 126 valence electrons. The van der Waals surface area contributed by atoms with Crippen molar-refractivity contribution in [1.82, 2.24) is 0 Å². The Morgan fingerprint density at radius 3 is 2.42 bits per heavy atom. The fraction of sp³-hybridized carbons (Fsp3) is 0.222. The van der Waals surface area contributed by atoms with Crippen LogP contribution in [0.1, 0.15) is 21.5 Å². The molecule has 2 aromatic carbocycles. The third kappa shape index (κ3) is 4.76. The minimum Gasteiger partial charge on any atom is -0.452 e. The number of carbonyl (C=O) groups is 2. The van der Waals surface area contributed by atoms with Crippen LogP contribution in [0.25, 0.3) is 0 Å². The van der Waals surface area contributed by atoms with Gasteiger partial charge in [0.25, 0.3) is 5.91 Å². The van der Waals surface area contributed by atoms with Gasteiger partial charge in [0, 0.05) is 4.90 Å². The molecule has 1 amide bonds. The molecule has 0 aliphatic rings. The van der Waals surface area contributed by atoms with Crippen LogP contribution in [-0.4, -0.2) is 24.7 Å². The lowest BCUT2D eigenvalue weighted by Gasteiger charge is -2.12. The molecular weight excluding hydrogens is 346 g/mol. The van der Waals surface area contributed by atoms with Gasteiger partial charge in [0.05, 0.1) is 16.3 Å². The molecule has 0 aliphatic carbocycles. The van der Waals surface area contributed by atoms with Crippen molar-refractivity contribution in [3.63, 3.8) is 0 Å². The van der Waals surface area contributed by atoms with E-state index in [-0.39, 0.29) is 6.61 Å². The molecule has 0 radical (unpaired) electrons. The quantitative estimate of drug-likeness (QED) is 0.628. The molecular formula is C18H18ClNO3S. The number of rotatable bonds is 5. The monoisotopic (exact) mass is 363 g/mol. The standard InChI is InChI=1S/C18H18ClNO3S/c1-11-8-12(2)17(15(19)9-11)20-16(21)10-23-18(22)13-4-6-14(24-3)7-5-13/h4-9H,10H2,1-3H3,(H,20,21). The average Bonchev–Trinajstić information content (AvgIpc) is 2.56. The van der Waals surface area contributed by atoms with Gasteiger partial charge in [0.1, 0.15) is 0 Å². The largest absolute Gasteiger partial charge is 0.452 e. The minimum atomic E-state index is -0.537. The fourth-order valence-electron chi connectivity index (χ4n) is 2.19. The molecule has 0 aliphatic heterocycles. The number of nitrogens with one attached hydrogen (secondary N) is 1. The zero-order valence-corrected chi connectivity index (χ0v) is 15.3. The van der Waals surface area contributed by atoms with Gasteiger partial charge in [0.2, 0.25) is 0 Å². The maximum atomic E-state index is 12.0. The first-order valence-corrected chi connectivity index (χ1v) is 8.88. The smallest absolute Gasteiger partial charge is 0.338 e. The summed E-state index contributed by atoms with van der Waals surface area (Å²) >= 11 is 7.73. The first kappa shape index (κ1) is 18.4. The van der Waals surface area contributed by atoms with Crippen molar-refractivity contribution < 1.29 is 14.3 Å². The second-order valence-electron chi connectivity index (χ2n) is 5.29. The van der Waals surface area contributed by atoms with Gasteiger partial charge in [-0.05, 0) is 61.6 Å². The van der Waals surface area contributed by atoms with Crippen LogP contribution in [0.2, 0.25) is 5.02 Å². The predicted molar refractivity (Wildman–Crippen MR) is 98.1 cm³/mol. The third-order valence-corrected chi connectivity index (χ3v) is 4.40. The normalized spacial score (nSPS) is 10.3. The number of benzene rings is 2. The molecule has 6 heteroatoms. The van der Waals surface area contributed by atoms with Crippen LogP contribution in [-0.2, 0) is 9.53 Å². The first-order chi connectivity index (χ1) is 11.4. The van der Waals surface area contributed by atoms with E-state index in [9.17, 15) is 9.59 Å². The van der Waals surface area contributed by atoms with Crippen molar-refractivity contribution in [2.45, 2.75) is 18.7 Å². The Morgan fingerprint density at radius 2 is 1.83 bits per heavy atom. The predicted octanol–water partition coefficient (Wildman–Crippen LogP) is 4.47. The number of hydrogen-bond acceptors (Lipinski definition) is 4. The number of esters is 1. The fourth-order valence-corrected chi connectivity index (χ4v) is 2.97. The molecule has 4 nitrogen and oxygen atoms in total. The second kappa shape index (κ2) is 8.22. The highest BCUT2D eigenvalue weighted by atomic mass is 35.5. The minimum absolute atomic E-state index is 0.368. The Balaban J connectivity index is 1.94. The highest BCUT2D eigenvalue weighted by Crippen LogP contribution is 2.27. The van der Waals surface area contributed by atoms with E-state index in [1.165, 1.54) is 0 Å². The molecule has 0 unspecified atom stereocenters. The van der Waals surface area contributed by atoms with Gasteiger partial charge in [-0.3, -0.25) is 4.79 Å². The van der Waals surface area contributed by atoms with Crippen LogP contribution in [0, 0.1) is 13.8 Å². The van der Waals surface area contributed by atoms with Gasteiger partial charge in [-0.25, -0.2) is 4.79 Å². The Bertz CT molecular complexity index is 736. The van der Waals surface area contributed by atoms with Gasteiger partial charge in [-0.2, -0.15) is 0 Å². The van der Waals surface area contributed by atoms with Crippen molar-refractivity contribution in [3.8, 4) is 0 Å². The van der Waals surface area contributed by atoms with Gasteiger partial charge in [-0.1, -0.05) is 17.7 Å². The van der Waals surface area contributed by atoms with E-state index >= 15 is 0 Å². The molecule has 1 N–H and O–H groups in total. The van der Waals surface area contributed by atoms with Crippen molar-refractivity contribution in [1.29, 1.82) is 0 Å². The molecule has 0 bridgehead atoms. The van der Waals surface area contributed by atoms with Crippen LogP contribution in [0.3, 0.4) is 0 Å². The Hall–Kier alpha value is -1.98. The van der Waals surface area contributed by atoms with E-state index in [1.807, 2.05) is 38.3 Å². The number of anilines is 1. The van der Waals surface area contributed by atoms with E-state index in [4.69, 9.17) is 16.3 Å². The molecule has 0 fully saturated rings. The summed E-state index contributed by atoms with van der Waals surface area (Å²) in [6.07, 6.45) is 1.95. The summed E-state index contributed by atoms with van der Waals surface area (Å²) < 4.78 is 5.04. The van der Waals surface area contributed by atoms with E-state index in [0.717, 1.165) is 16.0 Å². The maximum absolute atomic E-state index is 12.0. The summed E-state index contributed by atoms with van der Waals surface area (Å²) in [6.45, 7) is 3.41. The highest BCUT2D eigenvalue weighted by Gasteiger charge is 2.13. The van der Waals surface area contributed by atoms with E-state index in [0.29, 0.717) is 16.3 Å². The molecule has 24 heavy (non-hydrogen) atoms. The van der Waals surface area contributed by atoms with Crippen LogP contribution < -0.4 is 5.32 Å². The molecule has 0 saturated carbocycles. The number of amides is 1. The summed E-state index contributed by atoms with van der Waals surface area (Å²) in [5.41, 5.74) is 2.81. The zero-order chi connectivity index (χ0) is 17.7. The van der Waals surface area contributed by atoms with Crippen LogP contribution in [0.5, 0.6) is 0 Å². The lowest BCUT2D eigenvalue weighted by atomic mass is 10.1. The van der Waals surface area contributed by atoms with Crippen LogP contribution in [0.4, 0.5) is 5.69 Å². The molecule has 2 rings (SSSR count). The van der Waals surface area contributed by atoms with Gasteiger partial charge in [-0.15, -0.1) is 11.8 Å². The van der Waals surface area contributed by atoms with Crippen molar-refractivity contribution in [2.75, 3.05) is 18.2 Å². The van der Waals surface area contributed by atoms with Gasteiger partial charge < -0.3 is 10.1 Å². The third-order valence-electron chi connectivity index (χ3n) is 3.36. The summed E-state index contributed by atoms with van der Waals surface area (Å²) in [5, 5.41) is 3.14. The number of thioether (sulfide) groups is 1. The average molecular weight is 364 g/mol. The van der Waals surface area contributed by atoms with Crippen molar-refractivity contribution >= 4 is 40.9 Å². The zero-order valence-electron chi connectivity index (χ0n) is 13.7. The molecule has 0 heterocycles. The molecule has 0 spiro atoms. The van der Waals surface area contributed by atoms with E-state index in [1.54, 1.807) is 30.0 Å². The second-order valence-corrected chi connectivity index (χ2v) is 6.58. The number of ether oxygens (including phenoxy) is 1. The topological polar surface area (TPSA) is 55.4 Å². The Morgan fingerprint density at radius 1 is 1.17 bits per heavy atom. The SMILES string of the molecule is CSc1ccc(C(=O)OCC(=O)Nc2c(C)cc(C)cc2Cl)cc1. The van der Waals surface area contributed by atoms with Crippen LogP contribution in [0.15, 0.2) is 41.3 Å². The van der Waals surface area contributed by atoms with Gasteiger partial charge in [0.15, 0.2) is 6.61 Å². The summed E-state index contributed by atoms with van der Waals surface area (Å²) in [6, 6.07) is 10.7. The van der Waals surface area contributed by atoms with Crippen LogP contribution >= 0.6 is 23.4 Å². The number of hydrogen-bond donors (Lipinski definition) is 1.